The molecule has 21 heavy (non-hydrogen) atoms. The van der Waals surface area contributed by atoms with Crippen molar-refractivity contribution in [1.29, 1.82) is 0 Å². The van der Waals surface area contributed by atoms with E-state index < -0.39 is 4.92 Å². The minimum atomic E-state index is -0.488. The highest BCUT2D eigenvalue weighted by molar-refractivity contribution is 9.10. The van der Waals surface area contributed by atoms with Crippen molar-refractivity contribution in [3.05, 3.63) is 49.4 Å². The van der Waals surface area contributed by atoms with Crippen molar-refractivity contribution in [2.24, 2.45) is 0 Å². The van der Waals surface area contributed by atoms with Gasteiger partial charge in [-0.05, 0) is 46.6 Å². The molecule has 0 amide bonds. The van der Waals surface area contributed by atoms with Crippen LogP contribution < -0.4 is 10.6 Å². The summed E-state index contributed by atoms with van der Waals surface area (Å²) in [7, 11) is 1.69. The molecule has 0 saturated carbocycles. The van der Waals surface area contributed by atoms with E-state index in [0.29, 0.717) is 16.5 Å². The summed E-state index contributed by atoms with van der Waals surface area (Å²) in [6, 6.07) is 6.46. The maximum Gasteiger partial charge on any atom is 0.311 e. The van der Waals surface area contributed by atoms with E-state index in [-0.39, 0.29) is 11.5 Å². The molecule has 2 aromatic rings. The fourth-order valence-corrected chi connectivity index (χ4v) is 2.42. The fourth-order valence-electron chi connectivity index (χ4n) is 1.70. The smallest absolute Gasteiger partial charge is 0.311 e. The number of pyridine rings is 1. The lowest BCUT2D eigenvalue weighted by molar-refractivity contribution is -0.384. The van der Waals surface area contributed by atoms with Crippen LogP contribution in [0.2, 0.25) is 5.02 Å². The summed E-state index contributed by atoms with van der Waals surface area (Å²) >= 11 is 9.49. The van der Waals surface area contributed by atoms with Gasteiger partial charge in [-0.1, -0.05) is 11.6 Å². The lowest BCUT2D eigenvalue weighted by Crippen LogP contribution is -2.03. The average Bonchev–Trinajstić information content (AvgIpc) is 2.44. The second-order valence-corrected chi connectivity index (χ2v) is 5.54. The van der Waals surface area contributed by atoms with Crippen LogP contribution in [0.25, 0.3) is 0 Å². The monoisotopic (exact) mass is 370 g/mol. The number of nitrogens with one attached hydrogen (secondary N) is 2. The molecular formula is C13H12BrClN4O2. The molecule has 0 bridgehead atoms. The van der Waals surface area contributed by atoms with Gasteiger partial charge in [0.25, 0.3) is 0 Å². The zero-order valence-electron chi connectivity index (χ0n) is 11.3. The van der Waals surface area contributed by atoms with Gasteiger partial charge in [-0.2, -0.15) is 0 Å². The van der Waals surface area contributed by atoms with Crippen LogP contribution in [0.3, 0.4) is 0 Å². The minimum Gasteiger partial charge on any atom is -0.373 e. The van der Waals surface area contributed by atoms with Gasteiger partial charge in [-0.15, -0.1) is 0 Å². The Morgan fingerprint density at radius 2 is 2.10 bits per heavy atom. The first kappa shape index (κ1) is 15.5. The highest BCUT2D eigenvalue weighted by Gasteiger charge is 2.17. The van der Waals surface area contributed by atoms with Crippen molar-refractivity contribution in [2.45, 2.75) is 6.92 Å². The van der Waals surface area contributed by atoms with E-state index in [0.717, 1.165) is 10.0 Å². The summed E-state index contributed by atoms with van der Waals surface area (Å²) in [5.74, 6) is 0.671. The van der Waals surface area contributed by atoms with E-state index in [9.17, 15) is 10.1 Å². The second kappa shape index (κ2) is 6.28. The predicted octanol–water partition coefficient (Wildman–Crippen LogP) is 4.50. The van der Waals surface area contributed by atoms with Crippen molar-refractivity contribution >= 4 is 50.5 Å². The molecule has 1 heterocycles. The molecule has 0 aliphatic rings. The van der Waals surface area contributed by atoms with E-state index in [2.05, 4.69) is 31.5 Å². The summed E-state index contributed by atoms with van der Waals surface area (Å²) in [6.45, 7) is 1.87. The van der Waals surface area contributed by atoms with Crippen molar-refractivity contribution in [3.8, 4) is 0 Å². The first-order valence-electron chi connectivity index (χ1n) is 5.98. The SMILES string of the molecule is CNc1ccc([N+](=O)[O-])c(Nc2cc(Cl)c(C)cc2Br)n1. The molecule has 8 heteroatoms. The summed E-state index contributed by atoms with van der Waals surface area (Å²) in [6.07, 6.45) is 0. The maximum atomic E-state index is 11.1. The zero-order valence-corrected chi connectivity index (χ0v) is 13.6. The Kier molecular flexibility index (Phi) is 4.64. The number of aromatic nitrogens is 1. The molecule has 2 rings (SSSR count). The van der Waals surface area contributed by atoms with Crippen LogP contribution in [-0.2, 0) is 0 Å². The van der Waals surface area contributed by atoms with Gasteiger partial charge < -0.3 is 10.6 Å². The number of hydrogen-bond acceptors (Lipinski definition) is 5. The van der Waals surface area contributed by atoms with Gasteiger partial charge in [0, 0.05) is 22.6 Å². The van der Waals surface area contributed by atoms with E-state index in [1.54, 1.807) is 19.2 Å². The third-order valence-electron chi connectivity index (χ3n) is 2.83. The third-order valence-corrected chi connectivity index (χ3v) is 3.89. The van der Waals surface area contributed by atoms with Gasteiger partial charge in [0.1, 0.15) is 5.82 Å². The molecule has 1 aromatic heterocycles. The van der Waals surface area contributed by atoms with E-state index in [1.165, 1.54) is 6.07 Å². The van der Waals surface area contributed by atoms with Crippen LogP contribution >= 0.6 is 27.5 Å². The van der Waals surface area contributed by atoms with Gasteiger partial charge in [0.2, 0.25) is 5.82 Å². The number of benzene rings is 1. The predicted molar refractivity (Wildman–Crippen MR) is 87.6 cm³/mol. The molecule has 0 fully saturated rings. The van der Waals surface area contributed by atoms with Crippen LogP contribution in [0.4, 0.5) is 23.0 Å². The maximum absolute atomic E-state index is 11.1. The number of rotatable bonds is 4. The Bertz CT molecular complexity index is 709. The average molecular weight is 372 g/mol. The normalized spacial score (nSPS) is 10.3. The number of hydrogen-bond donors (Lipinski definition) is 2. The standard InChI is InChI=1S/C13H12BrClN4O2/c1-7-5-8(14)10(6-9(7)15)17-13-11(19(20)21)3-4-12(16-2)18-13/h3-6H,1-2H3,(H2,16,17,18). The molecule has 110 valence electrons. The molecule has 1 aromatic carbocycles. The molecule has 0 unspecified atom stereocenters. The third kappa shape index (κ3) is 3.43. The number of aryl methyl sites for hydroxylation is 1. The molecule has 0 atom stereocenters. The van der Waals surface area contributed by atoms with E-state index in [1.807, 2.05) is 13.0 Å². The molecule has 0 saturated heterocycles. The summed E-state index contributed by atoms with van der Waals surface area (Å²) < 4.78 is 0.746. The van der Waals surface area contributed by atoms with Crippen LogP contribution in [0, 0.1) is 17.0 Å². The second-order valence-electron chi connectivity index (χ2n) is 4.28. The van der Waals surface area contributed by atoms with Gasteiger partial charge in [-0.3, -0.25) is 10.1 Å². The number of nitro groups is 1. The molecule has 6 nitrogen and oxygen atoms in total. The number of halogens is 2. The summed E-state index contributed by atoms with van der Waals surface area (Å²) in [5, 5.41) is 17.4. The Morgan fingerprint density at radius 1 is 1.38 bits per heavy atom. The van der Waals surface area contributed by atoms with Crippen molar-refractivity contribution in [3.63, 3.8) is 0 Å². The highest BCUT2D eigenvalue weighted by atomic mass is 79.9. The van der Waals surface area contributed by atoms with Gasteiger partial charge in [-0.25, -0.2) is 4.98 Å². The molecule has 0 radical (unpaired) electrons. The van der Waals surface area contributed by atoms with Gasteiger partial charge in [0.15, 0.2) is 0 Å². The Balaban J connectivity index is 2.47. The first-order valence-corrected chi connectivity index (χ1v) is 7.15. The zero-order chi connectivity index (χ0) is 15.6. The van der Waals surface area contributed by atoms with Crippen LogP contribution in [0.15, 0.2) is 28.7 Å². The first-order chi connectivity index (χ1) is 9.92. The highest BCUT2D eigenvalue weighted by Crippen LogP contribution is 2.34. The molecule has 2 N–H and O–H groups in total. The van der Waals surface area contributed by atoms with Crippen LogP contribution in [-0.4, -0.2) is 17.0 Å². The molecule has 0 aliphatic heterocycles. The fraction of sp³-hybridized carbons (Fsp3) is 0.154. The topological polar surface area (TPSA) is 80.1 Å². The van der Waals surface area contributed by atoms with Gasteiger partial charge in [0.05, 0.1) is 10.6 Å². The van der Waals surface area contributed by atoms with E-state index in [4.69, 9.17) is 11.6 Å². The van der Waals surface area contributed by atoms with Crippen molar-refractivity contribution in [2.75, 3.05) is 17.7 Å². The Labute approximate surface area is 134 Å². The number of anilines is 3. The lowest BCUT2D eigenvalue weighted by Gasteiger charge is -2.11. The number of nitrogens with zero attached hydrogens (tertiary/aromatic N) is 2. The molecule has 0 aliphatic carbocycles. The Hall–Kier alpha value is -1.86. The summed E-state index contributed by atoms with van der Waals surface area (Å²) in [5.41, 5.74) is 1.40. The molecule has 0 spiro atoms. The van der Waals surface area contributed by atoms with Crippen molar-refractivity contribution < 1.29 is 4.92 Å². The lowest BCUT2D eigenvalue weighted by atomic mass is 10.2. The molecular weight excluding hydrogens is 360 g/mol. The Morgan fingerprint density at radius 3 is 2.71 bits per heavy atom. The van der Waals surface area contributed by atoms with E-state index >= 15 is 0 Å². The van der Waals surface area contributed by atoms with Crippen LogP contribution in [0.1, 0.15) is 5.56 Å². The largest absolute Gasteiger partial charge is 0.373 e. The van der Waals surface area contributed by atoms with Crippen LogP contribution in [0.5, 0.6) is 0 Å². The minimum absolute atomic E-state index is 0.113. The summed E-state index contributed by atoms with van der Waals surface area (Å²) in [4.78, 5) is 14.8. The van der Waals surface area contributed by atoms with Gasteiger partial charge >= 0.3 is 5.69 Å². The van der Waals surface area contributed by atoms with Crippen molar-refractivity contribution in [1.82, 2.24) is 4.98 Å². The quantitative estimate of drug-likeness (QED) is 0.611.